The van der Waals surface area contributed by atoms with Crippen molar-refractivity contribution in [1.82, 2.24) is 9.78 Å². The van der Waals surface area contributed by atoms with Gasteiger partial charge < -0.3 is 4.90 Å². The third kappa shape index (κ3) is 1.54. The van der Waals surface area contributed by atoms with Crippen LogP contribution in [0.1, 0.15) is 19.0 Å². The fraction of sp³-hybridized carbons (Fsp3) is 0.500. The maximum Gasteiger partial charge on any atom is 0.294 e. The van der Waals surface area contributed by atoms with Crippen LogP contribution in [0.15, 0.2) is 6.20 Å². The summed E-state index contributed by atoms with van der Waals surface area (Å²) in [7, 11) is 1.81. The Morgan fingerprint density at radius 2 is 2.20 bits per heavy atom. The molecule has 80 valence electrons. The molecule has 0 atom stereocenters. The molecule has 2 heterocycles. The van der Waals surface area contributed by atoms with Crippen molar-refractivity contribution in [2.45, 2.75) is 19.8 Å². The van der Waals surface area contributed by atoms with E-state index in [0.29, 0.717) is 13.0 Å². The highest BCUT2D eigenvalue weighted by Gasteiger charge is 2.32. The van der Waals surface area contributed by atoms with Crippen LogP contribution >= 0.6 is 0 Å². The second-order valence-electron chi connectivity index (χ2n) is 3.62. The van der Waals surface area contributed by atoms with Gasteiger partial charge in [0.1, 0.15) is 0 Å². The number of aryl methyl sites for hydroxylation is 2. The lowest BCUT2D eigenvalue weighted by Crippen LogP contribution is -2.27. The lowest BCUT2D eigenvalue weighted by molar-refractivity contribution is -0.133. The van der Waals surface area contributed by atoms with Gasteiger partial charge in [0.25, 0.3) is 5.91 Å². The lowest BCUT2D eigenvalue weighted by Gasteiger charge is -2.12. The van der Waals surface area contributed by atoms with Crippen molar-refractivity contribution < 1.29 is 9.59 Å². The second-order valence-corrected chi connectivity index (χ2v) is 3.62. The topological polar surface area (TPSA) is 55.2 Å². The van der Waals surface area contributed by atoms with E-state index in [1.165, 1.54) is 4.90 Å². The molecule has 1 saturated heterocycles. The third-order valence-corrected chi connectivity index (χ3v) is 2.56. The molecule has 0 unspecified atom stereocenters. The summed E-state index contributed by atoms with van der Waals surface area (Å²) >= 11 is 0. The molecule has 1 fully saturated rings. The van der Waals surface area contributed by atoms with Crippen molar-refractivity contribution in [3.63, 3.8) is 0 Å². The third-order valence-electron chi connectivity index (χ3n) is 2.56. The van der Waals surface area contributed by atoms with E-state index in [0.717, 1.165) is 17.8 Å². The highest BCUT2D eigenvalue weighted by molar-refractivity contribution is 6.43. The first-order valence-electron chi connectivity index (χ1n) is 5.00. The number of amides is 1. The van der Waals surface area contributed by atoms with Crippen molar-refractivity contribution in [2.75, 3.05) is 11.4 Å². The Labute approximate surface area is 87.7 Å². The summed E-state index contributed by atoms with van der Waals surface area (Å²) in [6, 6.07) is 0. The van der Waals surface area contributed by atoms with E-state index in [2.05, 4.69) is 5.10 Å². The SMILES string of the molecule is CCc1nn(C)cc1N1CCC(=O)C1=O. The van der Waals surface area contributed by atoms with Crippen molar-refractivity contribution in [2.24, 2.45) is 7.05 Å². The summed E-state index contributed by atoms with van der Waals surface area (Å²) in [4.78, 5) is 24.2. The quantitative estimate of drug-likeness (QED) is 0.655. The van der Waals surface area contributed by atoms with E-state index in [1.54, 1.807) is 10.9 Å². The number of hydrogen-bond donors (Lipinski definition) is 0. The fourth-order valence-electron chi connectivity index (χ4n) is 1.80. The van der Waals surface area contributed by atoms with E-state index in [1.807, 2.05) is 14.0 Å². The van der Waals surface area contributed by atoms with Gasteiger partial charge in [-0.25, -0.2) is 0 Å². The minimum absolute atomic E-state index is 0.305. The van der Waals surface area contributed by atoms with Crippen LogP contribution in [0, 0.1) is 0 Å². The van der Waals surface area contributed by atoms with Gasteiger partial charge in [0.2, 0.25) is 5.78 Å². The summed E-state index contributed by atoms with van der Waals surface area (Å²) in [5, 5.41) is 4.24. The predicted molar refractivity (Wildman–Crippen MR) is 54.6 cm³/mol. The van der Waals surface area contributed by atoms with Crippen LogP contribution in [0.25, 0.3) is 0 Å². The van der Waals surface area contributed by atoms with Gasteiger partial charge in [-0.2, -0.15) is 5.10 Å². The first kappa shape index (κ1) is 9.89. The first-order valence-corrected chi connectivity index (χ1v) is 5.00. The summed E-state index contributed by atoms with van der Waals surface area (Å²) in [6.07, 6.45) is 2.86. The summed E-state index contributed by atoms with van der Waals surface area (Å²) in [6.45, 7) is 2.46. The molecule has 0 spiro atoms. The van der Waals surface area contributed by atoms with Crippen molar-refractivity contribution in [3.05, 3.63) is 11.9 Å². The van der Waals surface area contributed by atoms with Crippen LogP contribution in [0.5, 0.6) is 0 Å². The normalized spacial score (nSPS) is 16.5. The molecule has 0 aliphatic carbocycles. The van der Waals surface area contributed by atoms with E-state index in [9.17, 15) is 9.59 Å². The number of aromatic nitrogens is 2. The zero-order valence-corrected chi connectivity index (χ0v) is 8.86. The number of Topliss-reactive ketones (excluding diaryl/α,β-unsaturated/α-hetero) is 1. The highest BCUT2D eigenvalue weighted by Crippen LogP contribution is 2.23. The minimum Gasteiger partial charge on any atom is -0.302 e. The minimum atomic E-state index is -0.405. The Kier molecular flexibility index (Phi) is 2.30. The average molecular weight is 207 g/mol. The van der Waals surface area contributed by atoms with Gasteiger partial charge in [-0.3, -0.25) is 14.3 Å². The van der Waals surface area contributed by atoms with Gasteiger partial charge in [-0.15, -0.1) is 0 Å². The maximum atomic E-state index is 11.5. The average Bonchev–Trinajstić information content (AvgIpc) is 2.72. The molecule has 1 aromatic rings. The molecule has 1 amide bonds. The standard InChI is InChI=1S/C10H13N3O2/c1-3-7-8(6-12(2)11-7)13-5-4-9(14)10(13)15/h6H,3-5H2,1-2H3. The molecule has 0 bridgehead atoms. The number of rotatable bonds is 2. The Hall–Kier alpha value is -1.65. The molecule has 5 nitrogen and oxygen atoms in total. The van der Waals surface area contributed by atoms with Crippen LogP contribution in [-0.2, 0) is 23.1 Å². The largest absolute Gasteiger partial charge is 0.302 e. The zero-order chi connectivity index (χ0) is 11.0. The van der Waals surface area contributed by atoms with Crippen LogP contribution in [-0.4, -0.2) is 28.0 Å². The number of carbonyl (C=O) groups is 2. The molecule has 0 radical (unpaired) electrons. The molecular weight excluding hydrogens is 194 g/mol. The maximum absolute atomic E-state index is 11.5. The number of ketones is 1. The molecule has 1 aromatic heterocycles. The van der Waals surface area contributed by atoms with Gasteiger partial charge in [0.15, 0.2) is 0 Å². The fourth-order valence-corrected chi connectivity index (χ4v) is 1.80. The molecule has 0 aromatic carbocycles. The number of hydrogen-bond acceptors (Lipinski definition) is 3. The van der Waals surface area contributed by atoms with Gasteiger partial charge in [-0.05, 0) is 6.42 Å². The molecule has 0 saturated carbocycles. The van der Waals surface area contributed by atoms with Crippen LogP contribution in [0.3, 0.4) is 0 Å². The van der Waals surface area contributed by atoms with E-state index >= 15 is 0 Å². The Morgan fingerprint density at radius 3 is 2.73 bits per heavy atom. The van der Waals surface area contributed by atoms with Crippen LogP contribution in [0.2, 0.25) is 0 Å². The second kappa shape index (κ2) is 3.49. The predicted octanol–water partition coefficient (Wildman–Crippen LogP) is 0.288. The van der Waals surface area contributed by atoms with Gasteiger partial charge >= 0.3 is 0 Å². The van der Waals surface area contributed by atoms with Crippen LogP contribution in [0.4, 0.5) is 5.69 Å². The Bertz CT molecular complexity index is 422. The number of anilines is 1. The first-order chi connectivity index (χ1) is 7.13. The summed E-state index contributed by atoms with van der Waals surface area (Å²) < 4.78 is 1.67. The van der Waals surface area contributed by atoms with E-state index < -0.39 is 5.91 Å². The highest BCUT2D eigenvalue weighted by atomic mass is 16.2. The van der Waals surface area contributed by atoms with E-state index in [-0.39, 0.29) is 5.78 Å². The monoisotopic (exact) mass is 207 g/mol. The molecule has 0 N–H and O–H groups in total. The van der Waals surface area contributed by atoms with Crippen molar-refractivity contribution >= 4 is 17.4 Å². The lowest BCUT2D eigenvalue weighted by atomic mass is 10.3. The van der Waals surface area contributed by atoms with Crippen molar-refractivity contribution in [1.29, 1.82) is 0 Å². The molecule has 5 heteroatoms. The Balaban J connectivity index is 2.37. The smallest absolute Gasteiger partial charge is 0.294 e. The molecule has 15 heavy (non-hydrogen) atoms. The van der Waals surface area contributed by atoms with Crippen LogP contribution < -0.4 is 4.90 Å². The van der Waals surface area contributed by atoms with Gasteiger partial charge in [-0.1, -0.05) is 6.92 Å². The zero-order valence-electron chi connectivity index (χ0n) is 8.86. The molecule has 2 rings (SSSR count). The summed E-state index contributed by atoms with van der Waals surface area (Å²) in [5.74, 6) is -0.710. The van der Waals surface area contributed by atoms with E-state index in [4.69, 9.17) is 0 Å². The number of nitrogens with zero attached hydrogens (tertiary/aromatic N) is 3. The molecule has 1 aliphatic heterocycles. The molecule has 1 aliphatic rings. The summed E-state index contributed by atoms with van der Waals surface area (Å²) in [5.41, 5.74) is 1.64. The van der Waals surface area contributed by atoms with Gasteiger partial charge in [0.05, 0.1) is 11.4 Å². The Morgan fingerprint density at radius 1 is 1.47 bits per heavy atom. The molecular formula is C10H13N3O2. The van der Waals surface area contributed by atoms with Crippen molar-refractivity contribution in [3.8, 4) is 0 Å². The number of carbonyl (C=O) groups excluding carboxylic acids is 2. The van der Waals surface area contributed by atoms with Gasteiger partial charge in [0, 0.05) is 26.2 Å².